The Kier molecular flexibility index (Phi) is 6.98. The lowest BCUT2D eigenvalue weighted by molar-refractivity contribution is -0.122. The Hall–Kier alpha value is -2.86. The Balaban J connectivity index is 2.06. The topological polar surface area (TPSA) is 79.5 Å². The van der Waals surface area contributed by atoms with Crippen LogP contribution in [0.25, 0.3) is 0 Å². The van der Waals surface area contributed by atoms with Crippen molar-refractivity contribution in [3.63, 3.8) is 0 Å². The molecular weight excluding hydrogens is 318 g/mol. The van der Waals surface area contributed by atoms with Crippen LogP contribution in [0.4, 0.5) is 4.79 Å². The largest absolute Gasteiger partial charge is 0.496 e. The number of benzene rings is 2. The molecule has 2 rings (SSSR count). The van der Waals surface area contributed by atoms with Crippen molar-refractivity contribution in [2.45, 2.75) is 12.5 Å². The molecule has 1 atom stereocenters. The second-order valence-corrected chi connectivity index (χ2v) is 5.43. The molecule has 0 aliphatic rings. The number of amides is 3. The number of hydrogen-bond acceptors (Lipinski definition) is 4. The SMILES string of the molecule is CNC(=O)NC(=O)[C@H](NCCc1ccccc1OC)c1ccccc1. The van der Waals surface area contributed by atoms with Gasteiger partial charge >= 0.3 is 6.03 Å². The normalized spacial score (nSPS) is 11.4. The fraction of sp³-hybridized carbons (Fsp3) is 0.263. The molecule has 0 aromatic heterocycles. The van der Waals surface area contributed by atoms with E-state index in [2.05, 4.69) is 16.0 Å². The number of ether oxygens (including phenoxy) is 1. The zero-order valence-corrected chi connectivity index (χ0v) is 14.4. The molecule has 25 heavy (non-hydrogen) atoms. The summed E-state index contributed by atoms with van der Waals surface area (Å²) in [5.74, 6) is 0.418. The number of carbonyl (C=O) groups excluding carboxylic acids is 2. The lowest BCUT2D eigenvalue weighted by Crippen LogP contribution is -2.44. The average molecular weight is 341 g/mol. The van der Waals surface area contributed by atoms with E-state index in [4.69, 9.17) is 4.74 Å². The summed E-state index contributed by atoms with van der Waals surface area (Å²) >= 11 is 0. The maximum absolute atomic E-state index is 12.4. The zero-order chi connectivity index (χ0) is 18.1. The maximum Gasteiger partial charge on any atom is 0.321 e. The molecule has 0 saturated carbocycles. The first-order valence-corrected chi connectivity index (χ1v) is 8.08. The molecule has 0 bridgehead atoms. The van der Waals surface area contributed by atoms with E-state index >= 15 is 0 Å². The highest BCUT2D eigenvalue weighted by atomic mass is 16.5. The first kappa shape index (κ1) is 18.5. The highest BCUT2D eigenvalue weighted by Crippen LogP contribution is 2.18. The number of carbonyl (C=O) groups is 2. The molecule has 6 heteroatoms. The van der Waals surface area contributed by atoms with Crippen LogP contribution in [-0.4, -0.2) is 32.6 Å². The van der Waals surface area contributed by atoms with Gasteiger partial charge < -0.3 is 15.4 Å². The molecule has 132 valence electrons. The standard InChI is InChI=1S/C19H23N3O3/c1-20-19(24)22-18(23)17(15-9-4-3-5-10-15)21-13-12-14-8-6-7-11-16(14)25-2/h3-11,17,21H,12-13H2,1-2H3,(H2,20,22,23,24)/t17-/m1/s1. The van der Waals surface area contributed by atoms with E-state index in [-0.39, 0.29) is 0 Å². The van der Waals surface area contributed by atoms with Crippen LogP contribution in [0.1, 0.15) is 17.2 Å². The van der Waals surface area contributed by atoms with Gasteiger partial charge in [0.1, 0.15) is 11.8 Å². The summed E-state index contributed by atoms with van der Waals surface area (Å²) in [5.41, 5.74) is 1.85. The lowest BCUT2D eigenvalue weighted by Gasteiger charge is -2.18. The van der Waals surface area contributed by atoms with Gasteiger partial charge in [0.25, 0.3) is 0 Å². The van der Waals surface area contributed by atoms with Gasteiger partial charge in [-0.15, -0.1) is 0 Å². The van der Waals surface area contributed by atoms with Crippen molar-refractivity contribution in [1.82, 2.24) is 16.0 Å². The molecule has 0 unspecified atom stereocenters. The van der Waals surface area contributed by atoms with E-state index in [9.17, 15) is 9.59 Å². The number of rotatable bonds is 7. The molecule has 0 spiro atoms. The maximum atomic E-state index is 12.4. The number of methoxy groups -OCH3 is 1. The summed E-state index contributed by atoms with van der Waals surface area (Å²) < 4.78 is 5.34. The van der Waals surface area contributed by atoms with Gasteiger partial charge in [0.15, 0.2) is 0 Å². The van der Waals surface area contributed by atoms with E-state index in [0.717, 1.165) is 16.9 Å². The summed E-state index contributed by atoms with van der Waals surface area (Å²) in [5, 5.41) is 7.92. The summed E-state index contributed by atoms with van der Waals surface area (Å²) in [6, 6.07) is 15.9. The number of para-hydroxylation sites is 1. The van der Waals surface area contributed by atoms with E-state index in [1.165, 1.54) is 7.05 Å². The van der Waals surface area contributed by atoms with Gasteiger partial charge in [-0.1, -0.05) is 48.5 Å². The third-order valence-corrected chi connectivity index (χ3v) is 3.79. The first-order valence-electron chi connectivity index (χ1n) is 8.08. The Morgan fingerprint density at radius 1 is 1.04 bits per heavy atom. The second-order valence-electron chi connectivity index (χ2n) is 5.43. The minimum atomic E-state index is -0.617. The number of imide groups is 1. The number of nitrogens with one attached hydrogen (secondary N) is 3. The molecule has 0 fully saturated rings. The molecule has 3 amide bonds. The summed E-state index contributed by atoms with van der Waals surface area (Å²) in [6.07, 6.45) is 0.695. The van der Waals surface area contributed by atoms with Crippen LogP contribution in [-0.2, 0) is 11.2 Å². The lowest BCUT2D eigenvalue weighted by atomic mass is 10.1. The highest BCUT2D eigenvalue weighted by molar-refractivity contribution is 5.97. The van der Waals surface area contributed by atoms with E-state index in [1.54, 1.807) is 7.11 Å². The van der Waals surface area contributed by atoms with Gasteiger partial charge in [0.05, 0.1) is 7.11 Å². The van der Waals surface area contributed by atoms with Crippen LogP contribution < -0.4 is 20.7 Å². The van der Waals surface area contributed by atoms with Gasteiger partial charge in [0.2, 0.25) is 5.91 Å². The Labute approximate surface area is 147 Å². The van der Waals surface area contributed by atoms with Gasteiger partial charge in [0, 0.05) is 13.6 Å². The molecule has 6 nitrogen and oxygen atoms in total. The predicted molar refractivity (Wildman–Crippen MR) is 96.5 cm³/mol. The minimum Gasteiger partial charge on any atom is -0.496 e. The smallest absolute Gasteiger partial charge is 0.321 e. The third kappa shape index (κ3) is 5.32. The van der Waals surface area contributed by atoms with Crippen molar-refractivity contribution < 1.29 is 14.3 Å². The van der Waals surface area contributed by atoms with Crippen LogP contribution in [0, 0.1) is 0 Å². The molecule has 0 heterocycles. The van der Waals surface area contributed by atoms with Gasteiger partial charge in [-0.05, 0) is 23.6 Å². The van der Waals surface area contributed by atoms with Gasteiger partial charge in [-0.2, -0.15) is 0 Å². The van der Waals surface area contributed by atoms with Crippen molar-refractivity contribution in [3.8, 4) is 5.75 Å². The predicted octanol–water partition coefficient (Wildman–Crippen LogP) is 2.02. The number of urea groups is 1. The molecule has 0 saturated heterocycles. The van der Waals surface area contributed by atoms with Crippen LogP contribution in [0.3, 0.4) is 0 Å². The fourth-order valence-electron chi connectivity index (χ4n) is 2.51. The van der Waals surface area contributed by atoms with Crippen LogP contribution >= 0.6 is 0 Å². The molecule has 2 aromatic carbocycles. The number of hydrogen-bond donors (Lipinski definition) is 3. The summed E-state index contributed by atoms with van der Waals surface area (Å²) in [7, 11) is 3.10. The molecule has 0 radical (unpaired) electrons. The molecule has 0 aliphatic carbocycles. The first-order chi connectivity index (χ1) is 12.2. The second kappa shape index (κ2) is 9.44. The summed E-state index contributed by atoms with van der Waals surface area (Å²) in [4.78, 5) is 23.9. The quantitative estimate of drug-likeness (QED) is 0.720. The Morgan fingerprint density at radius 3 is 2.40 bits per heavy atom. The zero-order valence-electron chi connectivity index (χ0n) is 14.4. The van der Waals surface area contributed by atoms with Gasteiger partial charge in [-0.3, -0.25) is 10.1 Å². The van der Waals surface area contributed by atoms with E-state index in [1.807, 2.05) is 54.6 Å². The van der Waals surface area contributed by atoms with Crippen LogP contribution in [0.2, 0.25) is 0 Å². The Bertz CT molecular complexity index is 704. The molecule has 0 aliphatic heterocycles. The fourth-order valence-corrected chi connectivity index (χ4v) is 2.51. The third-order valence-electron chi connectivity index (χ3n) is 3.79. The van der Waals surface area contributed by atoms with Crippen molar-refractivity contribution in [3.05, 3.63) is 65.7 Å². The minimum absolute atomic E-state index is 0.398. The van der Waals surface area contributed by atoms with Crippen LogP contribution in [0.15, 0.2) is 54.6 Å². The van der Waals surface area contributed by atoms with E-state index in [0.29, 0.717) is 13.0 Å². The molecular formula is C19H23N3O3. The molecule has 2 aromatic rings. The van der Waals surface area contributed by atoms with Crippen molar-refractivity contribution in [2.24, 2.45) is 0 Å². The van der Waals surface area contributed by atoms with Crippen LogP contribution in [0.5, 0.6) is 5.75 Å². The monoisotopic (exact) mass is 341 g/mol. The average Bonchev–Trinajstić information content (AvgIpc) is 2.66. The van der Waals surface area contributed by atoms with Gasteiger partial charge in [-0.25, -0.2) is 4.79 Å². The van der Waals surface area contributed by atoms with Crippen molar-refractivity contribution >= 4 is 11.9 Å². The van der Waals surface area contributed by atoms with Crippen molar-refractivity contribution in [1.29, 1.82) is 0 Å². The Morgan fingerprint density at radius 2 is 1.72 bits per heavy atom. The summed E-state index contributed by atoms with van der Waals surface area (Å²) in [6.45, 7) is 0.557. The van der Waals surface area contributed by atoms with E-state index < -0.39 is 18.0 Å². The highest BCUT2D eigenvalue weighted by Gasteiger charge is 2.21. The van der Waals surface area contributed by atoms with Crippen molar-refractivity contribution in [2.75, 3.05) is 20.7 Å². The molecule has 3 N–H and O–H groups in total.